The van der Waals surface area contributed by atoms with Crippen LogP contribution in [0.25, 0.3) is 11.0 Å². The molecule has 0 aliphatic carbocycles. The minimum absolute atomic E-state index is 0.243. The third-order valence-electron chi connectivity index (χ3n) is 2.87. The largest absolute Gasteiger partial charge is 0.322 e. The standard InChI is InChI=1S/C13H9Cl2FN2S/c14-6-12-17-13-9(16)2-1-3-10(13)18(12)7-8-4-5-11(15)19-8/h1-5H,6-7H2. The molecule has 0 amide bonds. The van der Waals surface area contributed by atoms with Crippen molar-refractivity contribution in [1.29, 1.82) is 0 Å². The molecule has 0 atom stereocenters. The summed E-state index contributed by atoms with van der Waals surface area (Å²) in [5.74, 6) is 0.575. The Labute approximate surface area is 123 Å². The smallest absolute Gasteiger partial charge is 0.151 e. The van der Waals surface area contributed by atoms with Gasteiger partial charge in [-0.3, -0.25) is 0 Å². The van der Waals surface area contributed by atoms with Crippen molar-refractivity contribution >= 4 is 45.6 Å². The molecule has 2 aromatic heterocycles. The van der Waals surface area contributed by atoms with E-state index in [0.717, 1.165) is 14.7 Å². The summed E-state index contributed by atoms with van der Waals surface area (Å²) in [5, 5.41) is 0. The van der Waals surface area contributed by atoms with E-state index >= 15 is 0 Å². The zero-order valence-electron chi connectivity index (χ0n) is 9.74. The number of nitrogens with zero attached hydrogens (tertiary/aromatic N) is 2. The van der Waals surface area contributed by atoms with Crippen LogP contribution >= 0.6 is 34.5 Å². The molecule has 2 nitrogen and oxygen atoms in total. The molecule has 0 saturated heterocycles. The number of halogens is 3. The molecule has 1 aromatic carbocycles. The van der Waals surface area contributed by atoms with E-state index in [1.54, 1.807) is 6.07 Å². The lowest BCUT2D eigenvalue weighted by atomic mass is 10.3. The molecule has 0 N–H and O–H groups in total. The summed E-state index contributed by atoms with van der Waals surface area (Å²) >= 11 is 13.3. The molecule has 98 valence electrons. The number of rotatable bonds is 3. The number of hydrogen-bond donors (Lipinski definition) is 0. The van der Waals surface area contributed by atoms with E-state index < -0.39 is 0 Å². The number of hydrogen-bond acceptors (Lipinski definition) is 2. The van der Waals surface area contributed by atoms with Gasteiger partial charge < -0.3 is 4.57 Å². The Morgan fingerprint density at radius 3 is 2.79 bits per heavy atom. The highest BCUT2D eigenvalue weighted by Crippen LogP contribution is 2.26. The maximum atomic E-state index is 13.7. The zero-order chi connectivity index (χ0) is 13.4. The first-order valence-corrected chi connectivity index (χ1v) is 7.35. The molecule has 19 heavy (non-hydrogen) atoms. The topological polar surface area (TPSA) is 17.8 Å². The van der Waals surface area contributed by atoms with Crippen molar-refractivity contribution in [2.75, 3.05) is 0 Å². The van der Waals surface area contributed by atoms with Crippen molar-refractivity contribution in [3.63, 3.8) is 0 Å². The summed E-state index contributed by atoms with van der Waals surface area (Å²) in [6.45, 7) is 0.597. The summed E-state index contributed by atoms with van der Waals surface area (Å²) in [7, 11) is 0. The predicted octanol–water partition coefficient (Wildman–Crippen LogP) is 4.68. The second-order valence-corrected chi connectivity index (χ2v) is 6.13. The van der Waals surface area contributed by atoms with Gasteiger partial charge in [0.25, 0.3) is 0 Å². The number of alkyl halides is 1. The quantitative estimate of drug-likeness (QED) is 0.642. The molecule has 0 bridgehead atoms. The molecular formula is C13H9Cl2FN2S. The summed E-state index contributed by atoms with van der Waals surface area (Å²) < 4.78 is 16.4. The van der Waals surface area contributed by atoms with Crippen LogP contribution in [0.15, 0.2) is 30.3 Å². The van der Waals surface area contributed by atoms with Crippen LogP contribution in [0.5, 0.6) is 0 Å². The van der Waals surface area contributed by atoms with Crippen molar-refractivity contribution in [2.24, 2.45) is 0 Å². The van der Waals surface area contributed by atoms with Crippen molar-refractivity contribution in [3.8, 4) is 0 Å². The Kier molecular flexibility index (Phi) is 3.48. The zero-order valence-corrected chi connectivity index (χ0v) is 12.1. The van der Waals surface area contributed by atoms with Crippen LogP contribution in [0.1, 0.15) is 10.7 Å². The Balaban J connectivity index is 2.13. The van der Waals surface area contributed by atoms with Crippen LogP contribution < -0.4 is 0 Å². The molecule has 0 radical (unpaired) electrons. The van der Waals surface area contributed by atoms with Gasteiger partial charge in [-0.25, -0.2) is 9.37 Å². The van der Waals surface area contributed by atoms with Crippen molar-refractivity contribution < 1.29 is 4.39 Å². The third-order valence-corrected chi connectivity index (χ3v) is 4.33. The number of thiophene rings is 1. The van der Waals surface area contributed by atoms with Crippen LogP contribution in [0.4, 0.5) is 4.39 Å². The molecule has 6 heteroatoms. The van der Waals surface area contributed by atoms with Gasteiger partial charge in [-0.2, -0.15) is 0 Å². The molecule has 0 aliphatic rings. The molecule has 2 heterocycles. The first kappa shape index (κ1) is 12.9. The molecule has 3 rings (SSSR count). The molecule has 0 saturated carbocycles. The lowest BCUT2D eigenvalue weighted by Crippen LogP contribution is -2.02. The lowest BCUT2D eigenvalue weighted by Gasteiger charge is -2.05. The van der Waals surface area contributed by atoms with E-state index in [-0.39, 0.29) is 11.7 Å². The van der Waals surface area contributed by atoms with Crippen LogP contribution in [-0.2, 0) is 12.4 Å². The maximum Gasteiger partial charge on any atom is 0.151 e. The van der Waals surface area contributed by atoms with Gasteiger partial charge in [-0.1, -0.05) is 17.7 Å². The minimum Gasteiger partial charge on any atom is -0.322 e. The Morgan fingerprint density at radius 2 is 2.11 bits per heavy atom. The Bertz CT molecular complexity index is 735. The van der Waals surface area contributed by atoms with Gasteiger partial charge in [0.15, 0.2) is 5.82 Å². The summed E-state index contributed by atoms with van der Waals surface area (Å²) in [5.41, 5.74) is 1.11. The highest BCUT2D eigenvalue weighted by atomic mass is 35.5. The fraction of sp³-hybridized carbons (Fsp3) is 0.154. The van der Waals surface area contributed by atoms with E-state index in [1.165, 1.54) is 17.4 Å². The monoisotopic (exact) mass is 314 g/mol. The minimum atomic E-state index is -0.327. The second-order valence-electron chi connectivity index (χ2n) is 4.06. The van der Waals surface area contributed by atoms with E-state index in [0.29, 0.717) is 17.9 Å². The number of benzene rings is 1. The fourth-order valence-electron chi connectivity index (χ4n) is 2.03. The molecule has 0 aliphatic heterocycles. The summed E-state index contributed by atoms with van der Waals surface area (Å²) in [6, 6.07) is 8.73. The first-order valence-electron chi connectivity index (χ1n) is 5.63. The van der Waals surface area contributed by atoms with E-state index in [2.05, 4.69) is 4.98 Å². The summed E-state index contributed by atoms with van der Waals surface area (Å²) in [6.07, 6.45) is 0. The predicted molar refractivity (Wildman–Crippen MR) is 77.7 cm³/mol. The normalized spacial score (nSPS) is 11.3. The molecular weight excluding hydrogens is 306 g/mol. The summed E-state index contributed by atoms with van der Waals surface area (Å²) in [4.78, 5) is 5.34. The maximum absolute atomic E-state index is 13.7. The van der Waals surface area contributed by atoms with Crippen molar-refractivity contribution in [3.05, 3.63) is 51.2 Å². The molecule has 3 aromatic rings. The molecule has 0 fully saturated rings. The number of para-hydroxylation sites is 1. The lowest BCUT2D eigenvalue weighted by molar-refractivity contribution is 0.637. The average Bonchev–Trinajstić information content (AvgIpc) is 2.96. The highest BCUT2D eigenvalue weighted by Gasteiger charge is 2.13. The Morgan fingerprint density at radius 1 is 1.26 bits per heavy atom. The van der Waals surface area contributed by atoms with Gasteiger partial charge >= 0.3 is 0 Å². The van der Waals surface area contributed by atoms with Crippen LogP contribution in [0, 0.1) is 5.82 Å². The van der Waals surface area contributed by atoms with Gasteiger partial charge in [0.05, 0.1) is 22.3 Å². The van der Waals surface area contributed by atoms with Gasteiger partial charge in [0.1, 0.15) is 11.3 Å². The number of aromatic nitrogens is 2. The first-order chi connectivity index (χ1) is 9.19. The van der Waals surface area contributed by atoms with Crippen molar-refractivity contribution in [1.82, 2.24) is 9.55 Å². The third kappa shape index (κ3) is 2.36. The van der Waals surface area contributed by atoms with Gasteiger partial charge in [-0.05, 0) is 24.3 Å². The fourth-order valence-corrected chi connectivity index (χ4v) is 3.31. The van der Waals surface area contributed by atoms with Gasteiger partial charge in [0, 0.05) is 4.88 Å². The van der Waals surface area contributed by atoms with Gasteiger partial charge in [0.2, 0.25) is 0 Å². The molecule has 0 spiro atoms. The van der Waals surface area contributed by atoms with E-state index in [4.69, 9.17) is 23.2 Å². The van der Waals surface area contributed by atoms with Crippen LogP contribution in [0.3, 0.4) is 0 Å². The van der Waals surface area contributed by atoms with Crippen molar-refractivity contribution in [2.45, 2.75) is 12.4 Å². The molecule has 0 unspecified atom stereocenters. The second kappa shape index (κ2) is 5.12. The van der Waals surface area contributed by atoms with Crippen LogP contribution in [0.2, 0.25) is 4.34 Å². The number of fused-ring (bicyclic) bond motifs is 1. The SMILES string of the molecule is Fc1cccc2c1nc(CCl)n2Cc1ccc(Cl)s1. The van der Waals surface area contributed by atoms with E-state index in [9.17, 15) is 4.39 Å². The average molecular weight is 315 g/mol. The van der Waals surface area contributed by atoms with Crippen LogP contribution in [-0.4, -0.2) is 9.55 Å². The number of imidazole rings is 1. The Hall–Kier alpha value is -1.10. The highest BCUT2D eigenvalue weighted by molar-refractivity contribution is 7.16. The van der Waals surface area contributed by atoms with Gasteiger partial charge in [-0.15, -0.1) is 22.9 Å². The van der Waals surface area contributed by atoms with E-state index in [1.807, 2.05) is 22.8 Å².